The van der Waals surface area contributed by atoms with Crippen LogP contribution in [0.3, 0.4) is 0 Å². The van der Waals surface area contributed by atoms with Gasteiger partial charge in [0.05, 0.1) is 107 Å². The van der Waals surface area contributed by atoms with Gasteiger partial charge in [0.25, 0.3) is 0 Å². The number of pyridine rings is 4. The van der Waals surface area contributed by atoms with Crippen molar-refractivity contribution in [2.45, 2.75) is 167 Å². The van der Waals surface area contributed by atoms with E-state index in [0.29, 0.717) is 40.2 Å². The van der Waals surface area contributed by atoms with Crippen LogP contribution in [0, 0.1) is 11.8 Å². The monoisotopic (exact) mass is 1880 g/mol. The van der Waals surface area contributed by atoms with Gasteiger partial charge in [-0.05, 0) is 197 Å². The Morgan fingerprint density at radius 2 is 0.766 bits per heavy atom. The van der Waals surface area contributed by atoms with E-state index >= 15 is 0 Å². The SMILES string of the molecule is CC(C)[C@H]1COC(=O)N1c1ncnc(Cl)n1.CC(C)[C@H]1COC(=O)N1c1ncnc(N[C@@H](C)c2ccc(-c3ccc(C(F)(F)F)cc3)cn2)n1.C[C@H](N)c1ccc(-c2ccc(C(F)(F)F)cc2)cn1.C[C@H](NS(=O)C(C)(C)C)c1ccc(-c2ccc(C(F)(F)F)cc2)cn1.C[C@H](NS(=O)C(C)(C)C)c1ccc(Br)cn1.Cl.OB(O)c1ccc(C(F)(F)F)cc1. The molecule has 2 fully saturated rings. The Kier molecular flexibility index (Phi) is 37.3. The van der Waals surface area contributed by atoms with Gasteiger partial charge in [0.2, 0.25) is 23.1 Å². The molecule has 668 valence electrons. The van der Waals surface area contributed by atoms with Gasteiger partial charge in [-0.25, -0.2) is 57.2 Å². The number of ether oxygens (including phenoxy) is 2. The maximum Gasteiger partial charge on any atom is 0.488 e. The Morgan fingerprint density at radius 1 is 0.452 bits per heavy atom. The second-order valence-corrected chi connectivity index (χ2v) is 35.6. The van der Waals surface area contributed by atoms with E-state index in [4.69, 9.17) is 36.9 Å². The van der Waals surface area contributed by atoms with Crippen LogP contribution in [0.4, 0.5) is 80.1 Å². The van der Waals surface area contributed by atoms with E-state index in [1.165, 1.54) is 58.9 Å². The van der Waals surface area contributed by atoms with Crippen LogP contribution < -0.4 is 35.8 Å². The minimum absolute atomic E-state index is 0. The Balaban J connectivity index is 0.000000237. The summed E-state index contributed by atoms with van der Waals surface area (Å²) >= 11 is 8.99. The third-order valence-electron chi connectivity index (χ3n) is 18.0. The number of halogens is 15. The number of cyclic esters (lactones) is 2. The molecule has 2 amide bonds. The predicted octanol–water partition coefficient (Wildman–Crippen LogP) is 19.0. The van der Waals surface area contributed by atoms with Crippen molar-refractivity contribution in [3.8, 4) is 33.4 Å². The topological polar surface area (TPSA) is 325 Å². The van der Waals surface area contributed by atoms with Gasteiger partial charge in [-0.3, -0.25) is 19.9 Å². The number of hydrogen-bond acceptors (Lipinski definition) is 20. The molecule has 0 spiro atoms. The van der Waals surface area contributed by atoms with Gasteiger partial charge in [0, 0.05) is 52.0 Å². The predicted molar refractivity (Wildman–Crippen MR) is 458 cm³/mol. The van der Waals surface area contributed by atoms with Gasteiger partial charge in [-0.1, -0.05) is 107 Å². The zero-order chi connectivity index (χ0) is 91.4. The smallest absolute Gasteiger partial charge is 0.447 e. The van der Waals surface area contributed by atoms with Crippen molar-refractivity contribution in [1.82, 2.24) is 59.3 Å². The van der Waals surface area contributed by atoms with Gasteiger partial charge in [0.1, 0.15) is 25.9 Å². The van der Waals surface area contributed by atoms with Crippen LogP contribution in [-0.4, -0.2) is 122 Å². The second-order valence-electron chi connectivity index (χ2n) is 30.3. The first-order valence-corrected chi connectivity index (χ1v) is 41.2. The fourth-order valence-corrected chi connectivity index (χ4v) is 12.7. The molecule has 7 N–H and O–H groups in total. The van der Waals surface area contributed by atoms with Crippen LogP contribution in [0.25, 0.3) is 33.4 Å². The van der Waals surface area contributed by atoms with Crippen LogP contribution in [0.5, 0.6) is 0 Å². The number of aromatic nitrogens is 10. The molecule has 42 heteroatoms. The van der Waals surface area contributed by atoms with Crippen LogP contribution in [0.15, 0.2) is 188 Å². The largest absolute Gasteiger partial charge is 0.488 e. The van der Waals surface area contributed by atoms with Crippen molar-refractivity contribution in [3.05, 3.63) is 238 Å². The summed E-state index contributed by atoms with van der Waals surface area (Å²) in [4.78, 5) is 67.9. The van der Waals surface area contributed by atoms with Crippen molar-refractivity contribution in [2.75, 3.05) is 28.3 Å². The number of amides is 2. The van der Waals surface area contributed by atoms with E-state index in [-0.39, 0.29) is 105 Å². The first kappa shape index (κ1) is 103. The molecule has 2 unspecified atom stereocenters. The first-order chi connectivity index (χ1) is 57.3. The van der Waals surface area contributed by atoms with E-state index in [9.17, 15) is 70.7 Å². The Labute approximate surface area is 734 Å². The Morgan fingerprint density at radius 3 is 1.06 bits per heavy atom. The molecule has 2 aliphatic rings. The minimum Gasteiger partial charge on any atom is -0.447 e. The molecule has 0 radical (unpaired) electrons. The molecule has 10 aromatic rings. The molecule has 2 aliphatic heterocycles. The van der Waals surface area contributed by atoms with E-state index in [1.807, 2.05) is 109 Å². The fraction of sp³-hybridized carbons (Fsp3) is 0.366. The van der Waals surface area contributed by atoms with E-state index in [2.05, 4.69) is 80.5 Å². The molecular formula is C82H92BBrCl2F12N16O8S2. The Hall–Kier alpha value is -9.78. The highest BCUT2D eigenvalue weighted by atomic mass is 79.9. The van der Waals surface area contributed by atoms with Crippen LogP contribution in [-0.2, 0) is 56.2 Å². The number of nitrogens with zero attached hydrogens (tertiary/aromatic N) is 12. The molecule has 12 rings (SSSR count). The normalized spacial score (nSPS) is 15.6. The quantitative estimate of drug-likeness (QED) is 0.0343. The summed E-state index contributed by atoms with van der Waals surface area (Å²) in [7, 11) is -4.03. The van der Waals surface area contributed by atoms with Crippen molar-refractivity contribution in [2.24, 2.45) is 17.6 Å². The summed E-state index contributed by atoms with van der Waals surface area (Å²) in [6, 6.07) is 32.2. The summed E-state index contributed by atoms with van der Waals surface area (Å²) < 4.78 is 190. The second kappa shape index (κ2) is 44.9. The van der Waals surface area contributed by atoms with Gasteiger partial charge in [-0.15, -0.1) is 12.4 Å². The van der Waals surface area contributed by atoms with Crippen LogP contribution in [0.1, 0.15) is 166 Å². The Bertz CT molecular complexity index is 5100. The van der Waals surface area contributed by atoms with E-state index < -0.39 is 88.2 Å². The number of benzene rings is 4. The number of nitrogens with one attached hydrogen (secondary N) is 3. The highest BCUT2D eigenvalue weighted by Crippen LogP contribution is 2.36. The molecular weight excluding hydrogens is 1790 g/mol. The standard InChI is InChI=1S/C23H23F3N6O2.C18H21F3N2OS.C14H13F3N2.C11H17BrN2OS.C9H11ClN4O2.C7H6BF3O2.ClH/c1-13(2)19-11-34-22(33)32(19)21-29-12-28-20(31-21)30-14(3)18-9-6-16(10-27-18)15-4-7-17(8-5-15)23(24,25)26;1-12(23-25(24)17(2,3)4)16-10-7-14(11-22-16)13-5-8-15(9-6-13)18(19,20)21;1-9(18)13-7-4-11(8-19-13)10-2-5-12(6-3-10)14(15,16)17;1-8(14-16(15)11(2,3)4)10-6-5-9(12)7-13-10;1-5(2)6-3-16-9(15)14(6)8-12-4-11-7(10)13-8;9-7(10,11)5-1-3-6(4-2-5)8(12)13;/h4-10,12-14,19H,11H2,1-3H3,(H,28,29,30,31);5-12,23H,1-4H3;2-9H,18H2,1H3;5-8,14H,1-4H3;4-6H,3H2,1-2H3;1-4,12-13H;1H/t14-,19+;12-,25?;9-;8-,16?;6-;;/m00001../s1. The third-order valence-corrected chi connectivity index (χ3v) is 22.0. The number of carbonyl (C=O) groups is 2. The van der Waals surface area contributed by atoms with Gasteiger partial charge < -0.3 is 30.6 Å². The highest BCUT2D eigenvalue weighted by Gasteiger charge is 2.41. The first-order valence-electron chi connectivity index (χ1n) is 37.7. The molecule has 0 saturated carbocycles. The number of rotatable bonds is 18. The van der Waals surface area contributed by atoms with Crippen molar-refractivity contribution in [3.63, 3.8) is 0 Å². The lowest BCUT2D eigenvalue weighted by molar-refractivity contribution is -0.138. The number of hydrogen-bond donors (Lipinski definition) is 6. The third kappa shape index (κ3) is 30.8. The number of alkyl halides is 12. The molecule has 8 atom stereocenters. The number of nitrogens with two attached hydrogens (primary N) is 1. The minimum atomic E-state index is -4.39. The van der Waals surface area contributed by atoms with Gasteiger partial charge in [0.15, 0.2) is 0 Å². The van der Waals surface area contributed by atoms with E-state index in [1.54, 1.807) is 61.2 Å². The molecule has 124 heavy (non-hydrogen) atoms. The number of anilines is 3. The summed E-state index contributed by atoms with van der Waals surface area (Å²) in [5.74, 6) is 1.12. The molecule has 4 aromatic carbocycles. The van der Waals surface area contributed by atoms with Crippen molar-refractivity contribution < 1.29 is 90.2 Å². The average Bonchev–Trinajstić information content (AvgIpc) is 1.67. The lowest BCUT2D eigenvalue weighted by atomic mass is 9.80. The summed E-state index contributed by atoms with van der Waals surface area (Å²) in [5.41, 5.74) is 10.1. The average molecular weight is 1880 g/mol. The molecule has 2 saturated heterocycles. The van der Waals surface area contributed by atoms with Crippen LogP contribution in [0.2, 0.25) is 5.28 Å². The molecule has 6 aromatic heterocycles. The van der Waals surface area contributed by atoms with E-state index in [0.717, 1.165) is 87.7 Å². The van der Waals surface area contributed by atoms with Gasteiger partial charge >= 0.3 is 44.0 Å². The summed E-state index contributed by atoms with van der Waals surface area (Å²) in [6.07, 6.45) is -9.20. The summed E-state index contributed by atoms with van der Waals surface area (Å²) in [5, 5.41) is 20.4. The van der Waals surface area contributed by atoms with Crippen molar-refractivity contribution in [1.29, 1.82) is 0 Å². The fourth-order valence-electron chi connectivity index (χ4n) is 10.8. The molecule has 0 aliphatic carbocycles. The lowest BCUT2D eigenvalue weighted by Gasteiger charge is -2.22. The van der Waals surface area contributed by atoms with Crippen LogP contribution >= 0.6 is 39.9 Å². The highest BCUT2D eigenvalue weighted by molar-refractivity contribution is 9.10. The summed E-state index contributed by atoms with van der Waals surface area (Å²) in [6.45, 7) is 27.6. The lowest BCUT2D eigenvalue weighted by Crippen LogP contribution is -2.38. The zero-order valence-corrected chi connectivity index (χ0v) is 74.0. The zero-order valence-electron chi connectivity index (χ0n) is 69.2. The molecule has 0 bridgehead atoms. The molecule has 8 heterocycles. The number of carbonyl (C=O) groups excluding carboxylic acids is 2. The van der Waals surface area contributed by atoms with Crippen molar-refractivity contribution >= 4 is 105 Å². The van der Waals surface area contributed by atoms with Gasteiger partial charge in [-0.2, -0.15) is 62.7 Å². The maximum atomic E-state index is 12.8. The molecule has 24 nitrogen and oxygen atoms in total. The maximum absolute atomic E-state index is 12.8.